The molecule has 0 bridgehead atoms. The maximum Gasteiger partial charge on any atom is 0.0992 e. The Balaban J connectivity index is 0.00000143. The van der Waals surface area contributed by atoms with Gasteiger partial charge in [0.25, 0.3) is 0 Å². The number of nitrogens with two attached hydrogens (primary N) is 2. The van der Waals surface area contributed by atoms with Crippen LogP contribution in [0.3, 0.4) is 0 Å². The number of allylic oxidation sites excluding steroid dienone is 7. The summed E-state index contributed by atoms with van der Waals surface area (Å²) in [5.74, 6) is 0. The van der Waals surface area contributed by atoms with E-state index in [0.29, 0.717) is 28.9 Å². The third-order valence-electron chi connectivity index (χ3n) is 8.83. The van der Waals surface area contributed by atoms with Crippen molar-refractivity contribution < 1.29 is 0 Å². The van der Waals surface area contributed by atoms with Crippen molar-refractivity contribution in [1.29, 1.82) is 10.5 Å². The molecule has 7 heteroatoms. The van der Waals surface area contributed by atoms with Gasteiger partial charge in [0.1, 0.15) is 0 Å². The first kappa shape index (κ1) is 45.2. The fourth-order valence-corrected chi connectivity index (χ4v) is 6.45. The van der Waals surface area contributed by atoms with E-state index in [4.69, 9.17) is 16.5 Å². The van der Waals surface area contributed by atoms with Crippen molar-refractivity contribution in [3.05, 3.63) is 168 Å². The lowest BCUT2D eigenvalue weighted by molar-refractivity contribution is 1.05. The number of unbranched alkanes of at least 4 members (excludes halogenated alkanes) is 1. The predicted molar refractivity (Wildman–Crippen MR) is 248 cm³/mol. The molecule has 0 saturated heterocycles. The fraction of sp³-hybridized carbons (Fsp3) is 0.176. The molecule has 0 aliphatic heterocycles. The van der Waals surface area contributed by atoms with E-state index in [1.807, 2.05) is 109 Å². The zero-order valence-electron chi connectivity index (χ0n) is 34.9. The minimum Gasteiger partial charge on any atom is -0.405 e. The highest BCUT2D eigenvalue weighted by Crippen LogP contribution is 2.42. The Morgan fingerprint density at radius 2 is 1.57 bits per heavy atom. The maximum atomic E-state index is 9.38. The Bertz CT molecular complexity index is 2520. The molecule has 294 valence electrons. The van der Waals surface area contributed by atoms with Crippen molar-refractivity contribution in [2.45, 2.75) is 61.3 Å². The number of para-hydroxylation sites is 1. The molecule has 0 aliphatic rings. The van der Waals surface area contributed by atoms with Crippen molar-refractivity contribution in [1.82, 2.24) is 14.5 Å². The topological polar surface area (TPSA) is 130 Å². The molecule has 0 aliphatic carbocycles. The van der Waals surface area contributed by atoms with Crippen LogP contribution in [-0.2, 0) is 0 Å². The third kappa shape index (κ3) is 10.3. The molecule has 0 unspecified atom stereocenters. The van der Waals surface area contributed by atoms with Gasteiger partial charge in [0, 0.05) is 46.2 Å². The van der Waals surface area contributed by atoms with Crippen LogP contribution in [0.1, 0.15) is 83.6 Å². The number of aromatic nitrogens is 3. The molecule has 0 spiro atoms. The van der Waals surface area contributed by atoms with E-state index >= 15 is 0 Å². The normalized spacial score (nSPS) is 11.3. The largest absolute Gasteiger partial charge is 0.405 e. The van der Waals surface area contributed by atoms with Crippen molar-refractivity contribution in [3.63, 3.8) is 0 Å². The molecule has 7 nitrogen and oxygen atoms in total. The maximum absolute atomic E-state index is 9.38. The Morgan fingerprint density at radius 3 is 2.19 bits per heavy atom. The van der Waals surface area contributed by atoms with Gasteiger partial charge in [-0.25, -0.2) is 0 Å². The van der Waals surface area contributed by atoms with Crippen LogP contribution in [0, 0.1) is 22.7 Å². The third-order valence-corrected chi connectivity index (χ3v) is 8.83. The fourth-order valence-electron chi connectivity index (χ4n) is 6.45. The second-order valence-corrected chi connectivity index (χ2v) is 12.0. The molecule has 0 amide bonds. The monoisotopic (exact) mass is 765 g/mol. The van der Waals surface area contributed by atoms with Crippen LogP contribution in [0.5, 0.6) is 0 Å². The number of nitriles is 2. The summed E-state index contributed by atoms with van der Waals surface area (Å²) in [4.78, 5) is 9.21. The minimum absolute atomic E-state index is 0.536. The van der Waals surface area contributed by atoms with Crippen LogP contribution in [0.2, 0.25) is 0 Å². The molecular formula is C51H55N7. The zero-order valence-corrected chi connectivity index (χ0v) is 34.9. The molecule has 4 N–H and O–H groups in total. The highest BCUT2D eigenvalue weighted by Gasteiger charge is 2.20. The molecule has 58 heavy (non-hydrogen) atoms. The van der Waals surface area contributed by atoms with Crippen molar-refractivity contribution in [3.8, 4) is 40.3 Å². The van der Waals surface area contributed by atoms with Gasteiger partial charge in [0.2, 0.25) is 0 Å². The minimum atomic E-state index is 0.536. The Morgan fingerprint density at radius 1 is 0.810 bits per heavy atom. The number of nitrogens with zero attached hydrogens (tertiary/aromatic N) is 5. The summed E-state index contributed by atoms with van der Waals surface area (Å²) in [6, 6.07) is 30.8. The Labute approximate surface area is 345 Å². The summed E-state index contributed by atoms with van der Waals surface area (Å²) in [5.41, 5.74) is 23.0. The smallest absolute Gasteiger partial charge is 0.0992 e. The first-order valence-corrected chi connectivity index (χ1v) is 19.9. The van der Waals surface area contributed by atoms with Gasteiger partial charge in [0.05, 0.1) is 40.1 Å². The number of pyridine rings is 2. The second kappa shape index (κ2) is 23.6. The Kier molecular flexibility index (Phi) is 18.4. The number of hydrogen-bond donors (Lipinski definition) is 2. The van der Waals surface area contributed by atoms with E-state index in [2.05, 4.69) is 76.8 Å². The number of hydrogen-bond acceptors (Lipinski definition) is 6. The van der Waals surface area contributed by atoms with E-state index in [0.717, 1.165) is 67.3 Å². The van der Waals surface area contributed by atoms with Gasteiger partial charge in [-0.1, -0.05) is 121 Å². The first-order valence-electron chi connectivity index (χ1n) is 19.9. The lowest BCUT2D eigenvalue weighted by Gasteiger charge is -2.15. The average molecular weight is 766 g/mol. The highest BCUT2D eigenvalue weighted by molar-refractivity contribution is 6.16. The van der Waals surface area contributed by atoms with Gasteiger partial charge >= 0.3 is 0 Å². The summed E-state index contributed by atoms with van der Waals surface area (Å²) in [6.45, 7) is 18.3. The van der Waals surface area contributed by atoms with Crippen LogP contribution in [0.4, 0.5) is 0 Å². The lowest BCUT2D eigenvalue weighted by atomic mass is 9.91. The standard InChI is InChI=1S/C45H37N7.3C2H6/c1-3-11-38-37(4-2)45-39-18-16-33(34(29-49)13-8-5-7-12-31(27-47)20-22-46)25-43(39)52(36-14-9-6-10-15-36)44(45)26-40(38)35-17-19-41(51-30-35)42-24-32(28-48)21-23-50-42;3*1-2/h3-4,6,8-26,29-30H,2,5,7,46,49H2,1H3;3*1-2H3/b11-3-,13-8-,22-20-,31-12+,34-29+;;;. The highest BCUT2D eigenvalue weighted by atomic mass is 15.0. The molecule has 0 fully saturated rings. The summed E-state index contributed by atoms with van der Waals surface area (Å²) < 4.78 is 2.29. The van der Waals surface area contributed by atoms with E-state index in [9.17, 15) is 10.5 Å². The van der Waals surface area contributed by atoms with Crippen LogP contribution < -0.4 is 11.5 Å². The number of benzene rings is 3. The van der Waals surface area contributed by atoms with E-state index in [1.54, 1.807) is 30.6 Å². The van der Waals surface area contributed by atoms with Gasteiger partial charge in [-0.15, -0.1) is 0 Å². The molecule has 0 atom stereocenters. The van der Waals surface area contributed by atoms with Crippen molar-refractivity contribution >= 4 is 39.5 Å². The molecule has 6 aromatic rings. The van der Waals surface area contributed by atoms with Crippen LogP contribution in [-0.4, -0.2) is 14.5 Å². The summed E-state index contributed by atoms with van der Waals surface area (Å²) in [6.07, 6.45) is 21.6. The molecule has 3 aromatic carbocycles. The number of rotatable bonds is 11. The predicted octanol–water partition coefficient (Wildman–Crippen LogP) is 13.1. The Hall–Kier alpha value is -7.22. The van der Waals surface area contributed by atoms with E-state index in [1.165, 1.54) is 6.20 Å². The van der Waals surface area contributed by atoms with Crippen LogP contribution in [0.15, 0.2) is 146 Å². The van der Waals surface area contributed by atoms with Crippen LogP contribution in [0.25, 0.3) is 67.7 Å². The van der Waals surface area contributed by atoms with Gasteiger partial charge < -0.3 is 16.0 Å². The molecule has 3 aromatic heterocycles. The summed E-state index contributed by atoms with van der Waals surface area (Å²) >= 11 is 0. The lowest BCUT2D eigenvalue weighted by Crippen LogP contribution is -1.97. The molecule has 0 radical (unpaired) electrons. The van der Waals surface area contributed by atoms with Gasteiger partial charge in [-0.05, 0) is 102 Å². The van der Waals surface area contributed by atoms with Gasteiger partial charge in [0.15, 0.2) is 0 Å². The second-order valence-electron chi connectivity index (χ2n) is 12.0. The zero-order chi connectivity index (χ0) is 42.5. The number of fused-ring (bicyclic) bond motifs is 3. The SMILES string of the molecule is C=Cc1c(/C=C\C)c(-c2ccc(-c3cc(C#N)ccn3)nc2)cc2c1c1ccc(C(/C=C\CC/C=C(C#N)\C=C/N)=C/N)cc1n2-c1ccccc1.CC.CC.CC. The summed E-state index contributed by atoms with van der Waals surface area (Å²) in [7, 11) is 0. The average Bonchev–Trinajstić information content (AvgIpc) is 3.62. The van der Waals surface area contributed by atoms with Crippen molar-refractivity contribution in [2.24, 2.45) is 11.5 Å². The molecule has 0 saturated carbocycles. The molecule has 6 rings (SSSR count). The van der Waals surface area contributed by atoms with Crippen LogP contribution >= 0.6 is 0 Å². The van der Waals surface area contributed by atoms with E-state index in [-0.39, 0.29) is 0 Å². The quantitative estimate of drug-likeness (QED) is 0.0767. The first-order chi connectivity index (χ1) is 28.5. The molecular weight excluding hydrogens is 711 g/mol. The van der Waals surface area contributed by atoms with Gasteiger partial charge in [-0.2, -0.15) is 10.5 Å². The molecule has 3 heterocycles. The summed E-state index contributed by atoms with van der Waals surface area (Å²) in [5, 5.41) is 20.8. The van der Waals surface area contributed by atoms with Crippen molar-refractivity contribution in [2.75, 3.05) is 0 Å². The van der Waals surface area contributed by atoms with Gasteiger partial charge in [-0.3, -0.25) is 9.97 Å². The van der Waals surface area contributed by atoms with E-state index < -0.39 is 0 Å².